The summed E-state index contributed by atoms with van der Waals surface area (Å²) < 4.78 is 0. The average molecular weight is 209 g/mol. The Morgan fingerprint density at radius 3 is 2.14 bits per heavy atom. The lowest BCUT2D eigenvalue weighted by Crippen LogP contribution is -2.06. The van der Waals surface area contributed by atoms with E-state index in [2.05, 4.69) is 31.8 Å². The van der Waals surface area contributed by atoms with Crippen LogP contribution in [0.3, 0.4) is 0 Å². The van der Waals surface area contributed by atoms with E-state index in [0.29, 0.717) is 0 Å². The van der Waals surface area contributed by atoms with Gasteiger partial charge in [-0.25, -0.2) is 0 Å². The lowest BCUT2D eigenvalue weighted by molar-refractivity contribution is 0.270. The van der Waals surface area contributed by atoms with Crippen LogP contribution in [0.2, 0.25) is 0 Å². The SMILES string of the molecule is CCc1cccc(CC)c1NC(=O)S. The second-order valence-corrected chi connectivity index (χ2v) is 3.49. The van der Waals surface area contributed by atoms with Gasteiger partial charge in [0.25, 0.3) is 5.24 Å². The number of carbonyl (C=O) groups is 1. The molecule has 1 rings (SSSR count). The van der Waals surface area contributed by atoms with Crippen molar-refractivity contribution >= 4 is 23.6 Å². The molecule has 0 unspecified atom stereocenters. The molecule has 0 aliphatic heterocycles. The monoisotopic (exact) mass is 209 g/mol. The zero-order chi connectivity index (χ0) is 10.6. The molecule has 0 heterocycles. The van der Waals surface area contributed by atoms with Gasteiger partial charge in [0.2, 0.25) is 0 Å². The van der Waals surface area contributed by atoms with E-state index in [-0.39, 0.29) is 5.24 Å². The quantitative estimate of drug-likeness (QED) is 0.735. The fourth-order valence-electron chi connectivity index (χ4n) is 1.51. The van der Waals surface area contributed by atoms with Crippen LogP contribution in [0.4, 0.5) is 10.5 Å². The van der Waals surface area contributed by atoms with Gasteiger partial charge >= 0.3 is 0 Å². The van der Waals surface area contributed by atoms with E-state index < -0.39 is 0 Å². The summed E-state index contributed by atoms with van der Waals surface area (Å²) in [4.78, 5) is 10.9. The first-order valence-corrected chi connectivity index (χ1v) is 5.24. The Kier molecular flexibility index (Phi) is 4.01. The van der Waals surface area contributed by atoms with Gasteiger partial charge in [-0.15, -0.1) is 0 Å². The topological polar surface area (TPSA) is 29.1 Å². The molecule has 2 nitrogen and oxygen atoms in total. The summed E-state index contributed by atoms with van der Waals surface area (Å²) in [6.45, 7) is 4.14. The number of anilines is 1. The molecule has 0 aromatic heterocycles. The van der Waals surface area contributed by atoms with Crippen molar-refractivity contribution in [2.24, 2.45) is 0 Å². The van der Waals surface area contributed by atoms with Crippen LogP contribution in [0, 0.1) is 0 Å². The Bertz CT molecular complexity index is 314. The first kappa shape index (κ1) is 11.1. The number of hydrogen-bond donors (Lipinski definition) is 2. The lowest BCUT2D eigenvalue weighted by Gasteiger charge is -2.12. The number of amides is 1. The maximum absolute atomic E-state index is 10.9. The Morgan fingerprint density at radius 1 is 1.29 bits per heavy atom. The third-order valence-corrected chi connectivity index (χ3v) is 2.34. The molecule has 0 aliphatic rings. The number of nitrogens with one attached hydrogen (secondary N) is 1. The zero-order valence-corrected chi connectivity index (χ0v) is 9.40. The maximum Gasteiger partial charge on any atom is 0.280 e. The summed E-state index contributed by atoms with van der Waals surface area (Å²) in [5, 5.41) is 2.46. The number of hydrogen-bond acceptors (Lipinski definition) is 1. The molecule has 0 radical (unpaired) electrons. The minimum absolute atomic E-state index is 0.305. The highest BCUT2D eigenvalue weighted by atomic mass is 32.1. The third kappa shape index (κ3) is 2.51. The van der Waals surface area contributed by atoms with E-state index in [1.807, 2.05) is 18.2 Å². The van der Waals surface area contributed by atoms with E-state index in [1.54, 1.807) is 0 Å². The standard InChI is InChI=1S/C11H15NOS/c1-3-8-6-5-7-9(4-2)10(8)12-11(13)14/h5-7H,3-4H2,1-2H3,(H2,12,13,14). The van der Waals surface area contributed by atoms with Crippen LogP contribution in [0.15, 0.2) is 18.2 Å². The van der Waals surface area contributed by atoms with Crippen LogP contribution >= 0.6 is 12.6 Å². The largest absolute Gasteiger partial charge is 0.317 e. The van der Waals surface area contributed by atoms with E-state index in [9.17, 15) is 4.79 Å². The second kappa shape index (κ2) is 5.05. The number of aryl methyl sites for hydroxylation is 2. The Morgan fingerprint density at radius 2 is 1.79 bits per heavy atom. The molecule has 0 saturated heterocycles. The summed E-state index contributed by atoms with van der Waals surface area (Å²) in [6.07, 6.45) is 1.83. The van der Waals surface area contributed by atoms with Crippen LogP contribution in [0.25, 0.3) is 0 Å². The van der Waals surface area contributed by atoms with Gasteiger partial charge < -0.3 is 5.32 Å². The molecular formula is C11H15NOS. The van der Waals surface area contributed by atoms with Crippen molar-refractivity contribution in [1.29, 1.82) is 0 Å². The summed E-state index contributed by atoms with van der Waals surface area (Å²) in [7, 11) is 0. The van der Waals surface area contributed by atoms with E-state index >= 15 is 0 Å². The highest BCUT2D eigenvalue weighted by Crippen LogP contribution is 2.22. The van der Waals surface area contributed by atoms with Crippen LogP contribution in [-0.4, -0.2) is 5.24 Å². The zero-order valence-electron chi connectivity index (χ0n) is 8.50. The summed E-state index contributed by atoms with van der Waals surface area (Å²) in [5.41, 5.74) is 3.25. The Hall–Kier alpha value is -0.960. The van der Waals surface area contributed by atoms with Crippen molar-refractivity contribution in [3.05, 3.63) is 29.3 Å². The summed E-state index contributed by atoms with van der Waals surface area (Å²) in [5.74, 6) is 0. The van der Waals surface area contributed by atoms with Crippen molar-refractivity contribution in [2.75, 3.05) is 5.32 Å². The van der Waals surface area contributed by atoms with Crippen LogP contribution in [0.1, 0.15) is 25.0 Å². The molecule has 0 aliphatic carbocycles. The van der Waals surface area contributed by atoms with E-state index in [0.717, 1.165) is 29.7 Å². The molecule has 3 heteroatoms. The average Bonchev–Trinajstić information content (AvgIpc) is 2.17. The van der Waals surface area contributed by atoms with Gasteiger partial charge in [-0.3, -0.25) is 4.79 Å². The van der Waals surface area contributed by atoms with Crippen molar-refractivity contribution < 1.29 is 4.79 Å². The van der Waals surface area contributed by atoms with Gasteiger partial charge in [-0.05, 0) is 24.0 Å². The third-order valence-electron chi connectivity index (χ3n) is 2.23. The number of thiol groups is 1. The first-order chi connectivity index (χ1) is 6.69. The molecule has 14 heavy (non-hydrogen) atoms. The number of benzene rings is 1. The molecule has 0 atom stereocenters. The van der Waals surface area contributed by atoms with E-state index in [4.69, 9.17) is 0 Å². The van der Waals surface area contributed by atoms with Crippen molar-refractivity contribution in [1.82, 2.24) is 0 Å². The van der Waals surface area contributed by atoms with Crippen molar-refractivity contribution in [3.8, 4) is 0 Å². The highest BCUT2D eigenvalue weighted by molar-refractivity contribution is 7.96. The fraction of sp³-hybridized carbons (Fsp3) is 0.364. The van der Waals surface area contributed by atoms with E-state index in [1.165, 1.54) is 0 Å². The fourth-order valence-corrected chi connectivity index (χ4v) is 1.62. The number of carbonyl (C=O) groups excluding carboxylic acids is 1. The van der Waals surface area contributed by atoms with Gasteiger partial charge in [-0.2, -0.15) is 0 Å². The summed E-state index contributed by atoms with van der Waals surface area (Å²) in [6, 6.07) is 6.07. The Labute approximate surface area is 90.1 Å². The molecule has 0 fully saturated rings. The summed E-state index contributed by atoms with van der Waals surface area (Å²) >= 11 is 3.73. The number of rotatable bonds is 3. The molecular weight excluding hydrogens is 194 g/mol. The smallest absolute Gasteiger partial charge is 0.280 e. The molecule has 1 N–H and O–H groups in total. The second-order valence-electron chi connectivity index (χ2n) is 3.09. The minimum Gasteiger partial charge on any atom is -0.317 e. The van der Waals surface area contributed by atoms with Crippen LogP contribution in [-0.2, 0) is 12.8 Å². The normalized spacial score (nSPS) is 9.93. The van der Waals surface area contributed by atoms with Crippen molar-refractivity contribution in [2.45, 2.75) is 26.7 Å². The highest BCUT2D eigenvalue weighted by Gasteiger charge is 2.06. The van der Waals surface area contributed by atoms with Gasteiger partial charge in [0.05, 0.1) is 0 Å². The molecule has 1 aromatic rings. The van der Waals surface area contributed by atoms with Gasteiger partial charge in [0.15, 0.2) is 0 Å². The molecule has 1 aromatic carbocycles. The predicted molar refractivity (Wildman–Crippen MR) is 63.2 cm³/mol. The van der Waals surface area contributed by atoms with Crippen LogP contribution < -0.4 is 5.32 Å². The minimum atomic E-state index is -0.305. The van der Waals surface area contributed by atoms with Gasteiger partial charge in [0.1, 0.15) is 0 Å². The molecule has 1 amide bonds. The number of para-hydroxylation sites is 1. The molecule has 0 bridgehead atoms. The first-order valence-electron chi connectivity index (χ1n) is 4.79. The van der Waals surface area contributed by atoms with Gasteiger partial charge in [0, 0.05) is 5.69 Å². The lowest BCUT2D eigenvalue weighted by atomic mass is 10.0. The van der Waals surface area contributed by atoms with Crippen LogP contribution in [0.5, 0.6) is 0 Å². The maximum atomic E-state index is 10.9. The molecule has 76 valence electrons. The Balaban J connectivity index is 3.12. The molecule has 0 spiro atoms. The molecule has 0 saturated carbocycles. The van der Waals surface area contributed by atoms with Gasteiger partial charge in [-0.1, -0.05) is 44.7 Å². The van der Waals surface area contributed by atoms with Crippen molar-refractivity contribution in [3.63, 3.8) is 0 Å². The predicted octanol–water partition coefficient (Wildman–Crippen LogP) is 3.27.